The summed E-state index contributed by atoms with van der Waals surface area (Å²) in [5.41, 5.74) is 8.10. The predicted molar refractivity (Wildman–Crippen MR) is 139 cm³/mol. The Morgan fingerprint density at radius 3 is 2.61 bits per heavy atom. The number of benzene rings is 2. The summed E-state index contributed by atoms with van der Waals surface area (Å²) in [7, 11) is 0. The second kappa shape index (κ2) is 11.7. The van der Waals surface area contributed by atoms with Gasteiger partial charge in [-0.1, -0.05) is 48.5 Å². The quantitative estimate of drug-likeness (QED) is 0.309. The highest BCUT2D eigenvalue weighted by molar-refractivity contribution is 5.99. The first-order chi connectivity index (χ1) is 17.4. The molecular weight excluding hydrogens is 456 g/mol. The lowest BCUT2D eigenvalue weighted by Gasteiger charge is -2.21. The van der Waals surface area contributed by atoms with E-state index in [2.05, 4.69) is 26.3 Å². The summed E-state index contributed by atoms with van der Waals surface area (Å²) in [6, 6.07) is 17.3. The van der Waals surface area contributed by atoms with E-state index in [0.29, 0.717) is 31.5 Å². The minimum atomic E-state index is -0.747. The number of rotatable bonds is 9. The lowest BCUT2D eigenvalue weighted by atomic mass is 10.0. The number of carbonyl (C=O) groups excluding carboxylic acids is 3. The van der Waals surface area contributed by atoms with E-state index < -0.39 is 18.1 Å². The van der Waals surface area contributed by atoms with E-state index in [9.17, 15) is 14.4 Å². The van der Waals surface area contributed by atoms with Crippen LogP contribution in [0.3, 0.4) is 0 Å². The zero-order valence-corrected chi connectivity index (χ0v) is 20.2. The summed E-state index contributed by atoms with van der Waals surface area (Å²) < 4.78 is 0. The van der Waals surface area contributed by atoms with Gasteiger partial charge < -0.3 is 27.0 Å². The number of nitrogens with two attached hydrogens (primary N) is 1. The molecule has 1 aliphatic rings. The van der Waals surface area contributed by atoms with Crippen LogP contribution in [0.4, 0.5) is 5.69 Å². The van der Waals surface area contributed by atoms with Crippen LogP contribution in [0, 0.1) is 0 Å². The standard InChI is InChI=1S/C27H32N6O3/c1-17(28)25(34)31-21-14-24(30-16-21)27(36)33-23(12-11-18-7-3-2-4-8-18)26(35)32-20-13-19-9-5-6-10-22(19)29-15-20/h2-10,13,15,17,21,23-24,30H,11-12,14,16,28H2,1H3,(H,31,34)(H,32,35)(H,33,36)/t17-,21-,23-,24+/m1/s1. The average molecular weight is 489 g/mol. The Morgan fingerprint density at radius 1 is 1.08 bits per heavy atom. The molecule has 9 nitrogen and oxygen atoms in total. The number of para-hydroxylation sites is 1. The van der Waals surface area contributed by atoms with Gasteiger partial charge in [0.2, 0.25) is 17.7 Å². The van der Waals surface area contributed by atoms with Gasteiger partial charge in [-0.25, -0.2) is 0 Å². The Bertz CT molecular complexity index is 1220. The number of carbonyl (C=O) groups is 3. The van der Waals surface area contributed by atoms with Crippen molar-refractivity contribution in [1.29, 1.82) is 0 Å². The van der Waals surface area contributed by atoms with Gasteiger partial charge in [0.15, 0.2) is 0 Å². The molecule has 188 valence electrons. The fourth-order valence-corrected chi connectivity index (χ4v) is 4.24. The van der Waals surface area contributed by atoms with Crippen molar-refractivity contribution in [3.63, 3.8) is 0 Å². The van der Waals surface area contributed by atoms with Crippen molar-refractivity contribution in [3.8, 4) is 0 Å². The van der Waals surface area contributed by atoms with Gasteiger partial charge in [0.1, 0.15) is 6.04 Å². The van der Waals surface area contributed by atoms with Crippen LogP contribution >= 0.6 is 0 Å². The first kappa shape index (κ1) is 25.3. The smallest absolute Gasteiger partial charge is 0.247 e. The van der Waals surface area contributed by atoms with Crippen molar-refractivity contribution in [3.05, 3.63) is 72.4 Å². The Balaban J connectivity index is 1.42. The molecule has 0 bridgehead atoms. The number of fused-ring (bicyclic) bond motifs is 1. The Labute approximate surface area is 210 Å². The fourth-order valence-electron chi connectivity index (χ4n) is 4.24. The summed E-state index contributed by atoms with van der Waals surface area (Å²) in [5, 5.41) is 12.7. The lowest BCUT2D eigenvalue weighted by molar-refractivity contribution is -0.127. The lowest BCUT2D eigenvalue weighted by Crippen LogP contribution is -2.50. The Kier molecular flexibility index (Phi) is 8.24. The Morgan fingerprint density at radius 2 is 1.83 bits per heavy atom. The molecule has 0 unspecified atom stereocenters. The molecular formula is C27H32N6O3. The van der Waals surface area contributed by atoms with Gasteiger partial charge in [0.25, 0.3) is 0 Å². The van der Waals surface area contributed by atoms with Crippen LogP contribution in [0.25, 0.3) is 10.9 Å². The molecule has 36 heavy (non-hydrogen) atoms. The fraction of sp³-hybridized carbons (Fsp3) is 0.333. The average Bonchev–Trinajstić information content (AvgIpc) is 3.35. The van der Waals surface area contributed by atoms with Gasteiger partial charge in [0.05, 0.1) is 29.5 Å². The first-order valence-electron chi connectivity index (χ1n) is 12.2. The van der Waals surface area contributed by atoms with Crippen molar-refractivity contribution in [2.24, 2.45) is 5.73 Å². The summed E-state index contributed by atoms with van der Waals surface area (Å²) in [5.74, 6) is -0.847. The molecule has 3 amide bonds. The second-order valence-corrected chi connectivity index (χ2v) is 9.18. The van der Waals surface area contributed by atoms with Crippen molar-refractivity contribution in [2.45, 2.75) is 50.4 Å². The van der Waals surface area contributed by atoms with Gasteiger partial charge in [-0.15, -0.1) is 0 Å². The molecule has 4 rings (SSSR count). The van der Waals surface area contributed by atoms with E-state index in [0.717, 1.165) is 16.5 Å². The Hall–Kier alpha value is -3.82. The van der Waals surface area contributed by atoms with Crippen LogP contribution < -0.4 is 27.0 Å². The van der Waals surface area contributed by atoms with Crippen LogP contribution in [0.1, 0.15) is 25.3 Å². The molecule has 3 aromatic rings. The molecule has 2 heterocycles. The van der Waals surface area contributed by atoms with Crippen LogP contribution in [0.15, 0.2) is 66.9 Å². The number of nitrogens with zero attached hydrogens (tertiary/aromatic N) is 1. The highest BCUT2D eigenvalue weighted by atomic mass is 16.2. The number of aryl methyl sites for hydroxylation is 1. The maximum atomic E-state index is 13.3. The largest absolute Gasteiger partial charge is 0.351 e. The summed E-state index contributed by atoms with van der Waals surface area (Å²) in [6.07, 6.45) is 3.09. The zero-order chi connectivity index (χ0) is 25.5. The molecule has 1 fully saturated rings. The molecule has 1 aliphatic heterocycles. The SMILES string of the molecule is C[C@@H](N)C(=O)N[C@H]1CN[C@H](C(=O)N[C@H](CCc2ccccc2)C(=O)Nc2cnc3ccccc3c2)C1. The van der Waals surface area contributed by atoms with E-state index in [1.54, 1.807) is 13.1 Å². The molecule has 9 heteroatoms. The first-order valence-corrected chi connectivity index (χ1v) is 12.2. The third kappa shape index (κ3) is 6.65. The minimum Gasteiger partial charge on any atom is -0.351 e. The van der Waals surface area contributed by atoms with Crippen LogP contribution in [-0.4, -0.2) is 53.4 Å². The molecule has 0 radical (unpaired) electrons. The van der Waals surface area contributed by atoms with Crippen LogP contribution in [0.5, 0.6) is 0 Å². The predicted octanol–water partition coefficient (Wildman–Crippen LogP) is 1.48. The number of hydrogen-bond donors (Lipinski definition) is 5. The molecule has 1 saturated heterocycles. The van der Waals surface area contributed by atoms with Gasteiger partial charge in [0, 0.05) is 18.0 Å². The molecule has 6 N–H and O–H groups in total. The summed E-state index contributed by atoms with van der Waals surface area (Å²) >= 11 is 0. The molecule has 0 aliphatic carbocycles. The second-order valence-electron chi connectivity index (χ2n) is 9.18. The maximum absolute atomic E-state index is 13.3. The van der Waals surface area contributed by atoms with Gasteiger partial charge in [-0.05, 0) is 43.9 Å². The van der Waals surface area contributed by atoms with Gasteiger partial charge in [-0.2, -0.15) is 0 Å². The van der Waals surface area contributed by atoms with Crippen LogP contribution in [0.2, 0.25) is 0 Å². The van der Waals surface area contributed by atoms with Gasteiger partial charge >= 0.3 is 0 Å². The number of aromatic nitrogens is 1. The van der Waals surface area contributed by atoms with Gasteiger partial charge in [-0.3, -0.25) is 19.4 Å². The highest BCUT2D eigenvalue weighted by Crippen LogP contribution is 2.17. The number of anilines is 1. The normalized spacial score (nSPS) is 18.8. The van der Waals surface area contributed by atoms with Crippen molar-refractivity contribution in [1.82, 2.24) is 20.9 Å². The maximum Gasteiger partial charge on any atom is 0.247 e. The van der Waals surface area contributed by atoms with E-state index in [1.807, 2.05) is 60.7 Å². The number of amides is 3. The van der Waals surface area contributed by atoms with Crippen molar-refractivity contribution >= 4 is 34.3 Å². The molecule has 4 atom stereocenters. The topological polar surface area (TPSA) is 138 Å². The molecule has 0 spiro atoms. The monoisotopic (exact) mass is 488 g/mol. The number of nitrogens with one attached hydrogen (secondary N) is 4. The van der Waals surface area contributed by atoms with E-state index in [1.165, 1.54) is 0 Å². The summed E-state index contributed by atoms with van der Waals surface area (Å²) in [6.45, 7) is 2.07. The zero-order valence-electron chi connectivity index (χ0n) is 20.2. The molecule has 1 aromatic heterocycles. The third-order valence-electron chi connectivity index (χ3n) is 6.26. The molecule has 0 saturated carbocycles. The van der Waals surface area contributed by atoms with E-state index in [4.69, 9.17) is 5.73 Å². The van der Waals surface area contributed by atoms with E-state index in [-0.39, 0.29) is 23.8 Å². The summed E-state index contributed by atoms with van der Waals surface area (Å²) in [4.78, 5) is 42.6. The minimum absolute atomic E-state index is 0.195. The van der Waals surface area contributed by atoms with Crippen molar-refractivity contribution in [2.75, 3.05) is 11.9 Å². The third-order valence-corrected chi connectivity index (χ3v) is 6.26. The molecule has 2 aromatic carbocycles. The van der Waals surface area contributed by atoms with E-state index >= 15 is 0 Å². The van der Waals surface area contributed by atoms with Crippen LogP contribution in [-0.2, 0) is 20.8 Å². The van der Waals surface area contributed by atoms with Crippen molar-refractivity contribution < 1.29 is 14.4 Å². The highest BCUT2D eigenvalue weighted by Gasteiger charge is 2.33. The number of hydrogen-bond acceptors (Lipinski definition) is 6. The number of pyridine rings is 1.